The lowest BCUT2D eigenvalue weighted by atomic mass is 10.1. The second-order valence-electron chi connectivity index (χ2n) is 7.39. The summed E-state index contributed by atoms with van der Waals surface area (Å²) in [5.74, 6) is 6.47. The Morgan fingerprint density at radius 3 is 2.33 bits per heavy atom. The van der Waals surface area contributed by atoms with Gasteiger partial charge < -0.3 is 9.67 Å². The number of hydrogen-bond donors (Lipinski definition) is 1. The van der Waals surface area contributed by atoms with Crippen LogP contribution in [0, 0.1) is 17.7 Å². The predicted octanol–water partition coefficient (Wildman–Crippen LogP) is 5.54. The summed E-state index contributed by atoms with van der Waals surface area (Å²) in [6.45, 7) is 0.730. The summed E-state index contributed by atoms with van der Waals surface area (Å²) in [5, 5.41) is 9.15. The van der Waals surface area contributed by atoms with Crippen molar-refractivity contribution in [2.45, 2.75) is 25.8 Å². The van der Waals surface area contributed by atoms with Crippen LogP contribution >= 0.6 is 12.4 Å². The smallest absolute Gasteiger partial charge is 0.186 e. The van der Waals surface area contributed by atoms with Crippen molar-refractivity contribution in [2.24, 2.45) is 0 Å². The van der Waals surface area contributed by atoms with Crippen LogP contribution < -0.4 is 0 Å². The van der Waals surface area contributed by atoms with Crippen molar-refractivity contribution in [1.82, 2.24) is 14.5 Å². The third kappa shape index (κ3) is 6.07. The Morgan fingerprint density at radius 2 is 1.64 bits per heavy atom. The molecular weight excluding hydrogens is 437 g/mol. The van der Waals surface area contributed by atoms with Crippen molar-refractivity contribution in [3.8, 4) is 34.4 Å². The fourth-order valence-electron chi connectivity index (χ4n) is 3.66. The summed E-state index contributed by atoms with van der Waals surface area (Å²) in [5.41, 5.74) is 4.77. The summed E-state index contributed by atoms with van der Waals surface area (Å²) in [7, 11) is 0. The molecule has 6 heteroatoms. The molecular formula is C27H25ClFN3O. The molecule has 0 unspecified atom stereocenters. The Balaban J connectivity index is 0.00000306. The zero-order chi connectivity index (χ0) is 22.2. The number of rotatable bonds is 7. The van der Waals surface area contributed by atoms with Gasteiger partial charge in [0.25, 0.3) is 0 Å². The maximum absolute atomic E-state index is 13.6. The van der Waals surface area contributed by atoms with Gasteiger partial charge in [0.05, 0.1) is 18.0 Å². The normalized spacial score (nSPS) is 10.2. The third-order valence-corrected chi connectivity index (χ3v) is 5.17. The molecule has 1 N–H and O–H groups in total. The van der Waals surface area contributed by atoms with E-state index in [2.05, 4.69) is 33.5 Å². The average molecular weight is 462 g/mol. The van der Waals surface area contributed by atoms with Crippen molar-refractivity contribution in [1.29, 1.82) is 0 Å². The topological polar surface area (TPSA) is 50.9 Å². The van der Waals surface area contributed by atoms with Crippen LogP contribution in [-0.4, -0.2) is 26.2 Å². The number of aliphatic hydroxyl groups is 1. The second-order valence-corrected chi connectivity index (χ2v) is 7.39. The number of benzene rings is 2. The van der Waals surface area contributed by atoms with E-state index in [9.17, 15) is 4.39 Å². The van der Waals surface area contributed by atoms with Crippen LogP contribution in [0.4, 0.5) is 4.39 Å². The first kappa shape index (κ1) is 24.2. The summed E-state index contributed by atoms with van der Waals surface area (Å²) in [6, 6.07) is 20.6. The molecule has 168 valence electrons. The van der Waals surface area contributed by atoms with Crippen molar-refractivity contribution >= 4 is 12.4 Å². The number of pyridine rings is 1. The molecule has 0 bridgehead atoms. The van der Waals surface area contributed by atoms with Gasteiger partial charge in [-0.3, -0.25) is 4.98 Å². The van der Waals surface area contributed by atoms with Crippen molar-refractivity contribution in [2.75, 3.05) is 6.61 Å². The highest BCUT2D eigenvalue weighted by molar-refractivity contribution is 5.85. The number of aromatic nitrogens is 3. The molecule has 2 aromatic carbocycles. The Bertz CT molecular complexity index is 1210. The van der Waals surface area contributed by atoms with Crippen LogP contribution in [0.2, 0.25) is 0 Å². The van der Waals surface area contributed by atoms with Gasteiger partial charge in [-0.1, -0.05) is 36.3 Å². The average Bonchev–Trinajstić information content (AvgIpc) is 3.19. The Hall–Kier alpha value is -3.46. The van der Waals surface area contributed by atoms with Crippen LogP contribution in [0.1, 0.15) is 24.2 Å². The lowest BCUT2D eigenvalue weighted by molar-refractivity contribution is 0.305. The molecule has 2 heterocycles. The SMILES string of the molecule is Cl.OCCC#Cc1nc(-c2ccc(F)cc2)c(-c2ccncc2)n1CCCc1ccccc1. The molecule has 0 aliphatic rings. The van der Waals surface area contributed by atoms with E-state index in [1.54, 1.807) is 24.5 Å². The lowest BCUT2D eigenvalue weighted by Gasteiger charge is -2.12. The molecule has 0 aliphatic carbocycles. The highest BCUT2D eigenvalue weighted by atomic mass is 35.5. The summed E-state index contributed by atoms with van der Waals surface area (Å²) >= 11 is 0. The van der Waals surface area contributed by atoms with Gasteiger partial charge in [0, 0.05) is 36.5 Å². The fraction of sp³-hybridized carbons (Fsp3) is 0.185. The molecule has 0 saturated heterocycles. The minimum absolute atomic E-state index is 0. The summed E-state index contributed by atoms with van der Waals surface area (Å²) in [6.07, 6.45) is 5.73. The molecule has 0 aliphatic heterocycles. The van der Waals surface area contributed by atoms with Gasteiger partial charge >= 0.3 is 0 Å². The van der Waals surface area contributed by atoms with E-state index in [0.29, 0.717) is 12.2 Å². The van der Waals surface area contributed by atoms with Crippen LogP contribution in [0.5, 0.6) is 0 Å². The van der Waals surface area contributed by atoms with Crippen LogP contribution in [0.3, 0.4) is 0 Å². The predicted molar refractivity (Wildman–Crippen MR) is 131 cm³/mol. The largest absolute Gasteiger partial charge is 0.395 e. The molecule has 0 amide bonds. The van der Waals surface area contributed by atoms with E-state index in [1.807, 2.05) is 30.3 Å². The van der Waals surface area contributed by atoms with Gasteiger partial charge in [0.1, 0.15) is 5.82 Å². The standard InChI is InChI=1S/C27H24FN3O.ClH/c28-24-13-11-22(12-14-24)26-27(23-15-17-29-18-16-23)31(25(30-26)10-4-5-20-32)19-6-9-21-7-2-1-3-8-21;/h1-3,7-8,11-18,32H,5-6,9,19-20H2;1H. The Kier molecular flexibility index (Phi) is 8.77. The Morgan fingerprint density at radius 1 is 0.909 bits per heavy atom. The van der Waals surface area contributed by atoms with Gasteiger partial charge in [-0.05, 0) is 60.7 Å². The lowest BCUT2D eigenvalue weighted by Crippen LogP contribution is -2.05. The molecule has 2 aromatic heterocycles. The molecule has 0 fully saturated rings. The van der Waals surface area contributed by atoms with Gasteiger partial charge in [-0.15, -0.1) is 12.4 Å². The zero-order valence-corrected chi connectivity index (χ0v) is 18.9. The van der Waals surface area contributed by atoms with Crippen molar-refractivity contribution < 1.29 is 9.50 Å². The van der Waals surface area contributed by atoms with Gasteiger partial charge in [0.15, 0.2) is 5.82 Å². The summed E-state index contributed by atoms with van der Waals surface area (Å²) in [4.78, 5) is 9.00. The first-order valence-electron chi connectivity index (χ1n) is 10.7. The number of hydrogen-bond acceptors (Lipinski definition) is 3. The highest BCUT2D eigenvalue weighted by Crippen LogP contribution is 2.33. The molecule has 4 aromatic rings. The highest BCUT2D eigenvalue weighted by Gasteiger charge is 2.19. The maximum Gasteiger partial charge on any atom is 0.186 e. The third-order valence-electron chi connectivity index (χ3n) is 5.17. The molecule has 0 radical (unpaired) electrons. The number of aliphatic hydroxyl groups excluding tert-OH is 1. The second kappa shape index (κ2) is 12.0. The van der Waals surface area contributed by atoms with E-state index >= 15 is 0 Å². The Labute approximate surface area is 199 Å². The van der Waals surface area contributed by atoms with E-state index in [-0.39, 0.29) is 24.8 Å². The van der Waals surface area contributed by atoms with Gasteiger partial charge in [0.2, 0.25) is 0 Å². The van der Waals surface area contributed by atoms with Crippen molar-refractivity contribution in [3.63, 3.8) is 0 Å². The van der Waals surface area contributed by atoms with Gasteiger partial charge in [-0.2, -0.15) is 0 Å². The monoisotopic (exact) mass is 461 g/mol. The summed E-state index contributed by atoms with van der Waals surface area (Å²) < 4.78 is 15.7. The van der Waals surface area contributed by atoms with Gasteiger partial charge in [-0.25, -0.2) is 9.37 Å². The molecule has 4 nitrogen and oxygen atoms in total. The minimum atomic E-state index is -0.288. The number of imidazole rings is 1. The van der Waals surface area contributed by atoms with Crippen LogP contribution in [0.15, 0.2) is 79.1 Å². The number of aryl methyl sites for hydroxylation is 1. The molecule has 0 saturated carbocycles. The number of nitrogens with zero attached hydrogens (tertiary/aromatic N) is 3. The molecule has 0 spiro atoms. The molecule has 4 rings (SSSR count). The van der Waals surface area contributed by atoms with E-state index in [4.69, 9.17) is 10.1 Å². The van der Waals surface area contributed by atoms with E-state index in [0.717, 1.165) is 41.9 Å². The quantitative estimate of drug-likeness (QED) is 0.368. The van der Waals surface area contributed by atoms with E-state index in [1.165, 1.54) is 17.7 Å². The maximum atomic E-state index is 13.6. The van der Waals surface area contributed by atoms with Crippen LogP contribution in [0.25, 0.3) is 22.5 Å². The molecule has 0 atom stereocenters. The first-order chi connectivity index (χ1) is 15.8. The first-order valence-corrected chi connectivity index (χ1v) is 10.7. The molecule has 33 heavy (non-hydrogen) atoms. The van der Waals surface area contributed by atoms with Crippen LogP contribution in [-0.2, 0) is 13.0 Å². The zero-order valence-electron chi connectivity index (χ0n) is 18.1. The minimum Gasteiger partial charge on any atom is -0.395 e. The fourth-order valence-corrected chi connectivity index (χ4v) is 3.66. The number of halogens is 2. The van der Waals surface area contributed by atoms with E-state index < -0.39 is 0 Å². The van der Waals surface area contributed by atoms with Crippen molar-refractivity contribution in [3.05, 3.63) is 96.3 Å².